The molecule has 7 aromatic rings. The maximum Gasteiger partial charge on any atom is 0.697 e. The fourth-order valence-electron chi connectivity index (χ4n) is 11.8. The number of carbonyl (C=O) groups excluding carboxylic acids is 2. The van der Waals surface area contributed by atoms with Gasteiger partial charge in [-0.25, -0.2) is 43.2 Å². The molecule has 4 aromatic heterocycles. The summed E-state index contributed by atoms with van der Waals surface area (Å²) in [6, 6.07) is 23.1. The van der Waals surface area contributed by atoms with Gasteiger partial charge in [0.25, 0.3) is 0 Å². The van der Waals surface area contributed by atoms with Crippen LogP contribution >= 0.6 is 34.8 Å². The number of aliphatic hydroxyl groups excluding tert-OH is 1. The van der Waals surface area contributed by atoms with Crippen molar-refractivity contribution in [1.29, 1.82) is 0 Å². The van der Waals surface area contributed by atoms with Gasteiger partial charge in [0.15, 0.2) is 62.2 Å². The number of benzene rings is 3. The second kappa shape index (κ2) is 34.3. The Balaban J connectivity index is 0.596. The molecule has 3 fully saturated rings. The number of nitrogens with zero attached hydrogens (tertiary/aromatic N) is 10. The number of hydrogen-bond acceptors (Lipinski definition) is 29. The number of aliphatic hydroxyl groups is 1. The summed E-state index contributed by atoms with van der Waals surface area (Å²) in [5, 5.41) is 14.7. The number of nitrogens with one attached hydrogen (secondary N) is 3. The van der Waals surface area contributed by atoms with E-state index in [0.717, 1.165) is 50.7 Å². The highest BCUT2D eigenvalue weighted by Crippen LogP contribution is 2.64. The number of nitrogens with two attached hydrogens (primary N) is 2. The Morgan fingerprint density at radius 3 is 2.14 bits per heavy atom. The molecule has 12 atom stereocenters. The molecule has 0 aliphatic carbocycles. The van der Waals surface area contributed by atoms with Gasteiger partial charge >= 0.3 is 15.1 Å². The number of carbonyl (C=O) groups is 2. The zero-order valence-corrected chi connectivity index (χ0v) is 57.7. The molecule has 536 valence electrons. The second-order valence-electron chi connectivity index (χ2n) is 23.6. The van der Waals surface area contributed by atoms with Gasteiger partial charge in [0, 0.05) is 54.1 Å². The van der Waals surface area contributed by atoms with Crippen LogP contribution in [0.5, 0.6) is 0 Å². The Bertz CT molecular complexity index is 4050. The number of hydrogen-bond donors (Lipinski definition) is 7. The van der Waals surface area contributed by atoms with Crippen LogP contribution in [0.15, 0.2) is 98.1 Å². The van der Waals surface area contributed by atoms with Crippen LogP contribution in [0.25, 0.3) is 33.7 Å². The van der Waals surface area contributed by atoms with Gasteiger partial charge in [0.05, 0.1) is 102 Å². The molecule has 9 N–H and O–H groups in total. The normalized spacial score (nSPS) is 24.1. The first kappa shape index (κ1) is 72.8. The SMILES string of the molecule is CP(O)OCC(O)COCCCNC(=O)CCCCC(=O)N1Cc2ccccc2C2=C(c3ccccc31)N(CCOCCOCCOCc1ccc(CS[P@@]3(=O)OC[C@H]4O[C@@H](n5cnc6c(N)ncnc65)[C@H](F)[C@@H]4O[P+](=O)OC[C@H]4O[C@@H](n5cnc6c(N)ncnc65)[C@H](F)[C@@H]4O3)cc1)NN2. The third kappa shape index (κ3) is 17.7. The molecule has 5 aliphatic heterocycles. The molecule has 38 heteroatoms. The summed E-state index contributed by atoms with van der Waals surface area (Å²) in [5.41, 5.74) is 26.1. The van der Waals surface area contributed by atoms with E-state index < -0.39 is 92.0 Å². The average Bonchev–Trinajstić information content (AvgIpc) is 1.57. The molecule has 0 saturated carbocycles. The molecular formula is C62H77F2N15O17P3S+. The third-order valence-corrected chi connectivity index (χ3v) is 21.7. The molecule has 5 aliphatic rings. The summed E-state index contributed by atoms with van der Waals surface area (Å²) in [6.07, 6.45) is -6.92. The highest BCUT2D eigenvalue weighted by molar-refractivity contribution is 8.54. The molecule has 0 radical (unpaired) electrons. The number of ether oxygens (including phenoxy) is 6. The lowest BCUT2D eigenvalue weighted by atomic mass is 9.95. The van der Waals surface area contributed by atoms with Gasteiger partial charge in [-0.2, -0.15) is 0 Å². The monoisotopic (exact) mass is 1470 g/mol. The zero-order chi connectivity index (χ0) is 69.7. The van der Waals surface area contributed by atoms with Gasteiger partial charge in [-0.15, -0.1) is 14.6 Å². The number of amides is 2. The molecule has 2 amide bonds. The van der Waals surface area contributed by atoms with Crippen molar-refractivity contribution in [2.75, 3.05) is 102 Å². The number of rotatable bonds is 30. The number of anilines is 3. The van der Waals surface area contributed by atoms with E-state index in [1.807, 2.05) is 70.6 Å². The fraction of sp³-hybridized carbons (Fsp3) is 0.484. The van der Waals surface area contributed by atoms with Crippen LogP contribution in [0.1, 0.15) is 72.4 Å². The van der Waals surface area contributed by atoms with E-state index in [2.05, 4.69) is 46.2 Å². The van der Waals surface area contributed by atoms with Gasteiger partial charge in [-0.1, -0.05) is 66.7 Å². The van der Waals surface area contributed by atoms with Crippen LogP contribution in [0.4, 0.5) is 26.1 Å². The van der Waals surface area contributed by atoms with Crippen molar-refractivity contribution in [3.05, 3.63) is 126 Å². The Hall–Kier alpha value is -6.95. The lowest BCUT2D eigenvalue weighted by molar-refractivity contribution is -0.122. The van der Waals surface area contributed by atoms with E-state index in [1.54, 1.807) is 12.1 Å². The Morgan fingerprint density at radius 1 is 0.780 bits per heavy atom. The summed E-state index contributed by atoms with van der Waals surface area (Å²) in [5.74, 6) is -0.0659. The molecule has 3 saturated heterocycles. The average molecular weight is 1470 g/mol. The number of aromatic nitrogens is 8. The first-order valence-electron chi connectivity index (χ1n) is 32.3. The van der Waals surface area contributed by atoms with Crippen molar-refractivity contribution in [2.45, 2.75) is 106 Å². The number of fused-ring (bicyclic) bond motifs is 8. The van der Waals surface area contributed by atoms with Crippen LogP contribution in [-0.2, 0) is 88.7 Å². The van der Waals surface area contributed by atoms with E-state index in [1.165, 1.54) is 41.1 Å². The summed E-state index contributed by atoms with van der Waals surface area (Å²) in [4.78, 5) is 62.6. The van der Waals surface area contributed by atoms with Gasteiger partial charge in [0.2, 0.25) is 11.8 Å². The molecule has 0 bridgehead atoms. The summed E-state index contributed by atoms with van der Waals surface area (Å²) in [7, 11) is -4.66. The predicted molar refractivity (Wildman–Crippen MR) is 361 cm³/mol. The lowest BCUT2D eigenvalue weighted by Gasteiger charge is -2.31. The minimum absolute atomic E-state index is 0.0128. The van der Waals surface area contributed by atoms with Crippen LogP contribution in [0.3, 0.4) is 0 Å². The molecule has 9 heterocycles. The largest absolute Gasteiger partial charge is 0.697 e. The smallest absolute Gasteiger partial charge is 0.388 e. The van der Waals surface area contributed by atoms with Crippen molar-refractivity contribution in [3.8, 4) is 0 Å². The van der Waals surface area contributed by atoms with E-state index in [0.29, 0.717) is 77.5 Å². The number of halogens is 2. The molecule has 3 unspecified atom stereocenters. The standard InChI is InChI=1S/C62H76F2N15O17P3S/c1-97(83)90-30-41(80)29-88-21-8-19-67-47(81)13-6-7-14-48(82)76-27-40-9-2-3-10-42(40)51-54(43-11-4-5-12-44(43)76)79(75-74-51)20-22-86-23-24-87-25-26-89-28-38-15-17-39(18-16-38)33-100-99(85)92-32-46-55(49(63)61(94-46)77-36-72-52-57(65)68-34-70-59(52)77)95-98(84)91-31-45-56(96-99)50(64)62(93-45)78-37-73-53-58(66)69-35-71-60(53)78/h2-5,9-12,15-18,34-37,41,45-46,49-50,55-56,61-62,74-75,80,83H,6-8,13-14,19-33H2,1H3,(H4-,65,66,67,68,69,70,71,81)/p+1/t41?,45-,46-,49-,50-,55-,56-,61-,62-,97?,99+/m1/s1. The minimum Gasteiger partial charge on any atom is -0.388 e. The van der Waals surface area contributed by atoms with Gasteiger partial charge < -0.3 is 70.1 Å². The van der Waals surface area contributed by atoms with Crippen LogP contribution < -0.4 is 32.6 Å². The Kier molecular flexibility index (Phi) is 25.0. The summed E-state index contributed by atoms with van der Waals surface area (Å²) in [6.45, 7) is -0.834. The number of imidazole rings is 2. The van der Waals surface area contributed by atoms with E-state index >= 15 is 13.3 Å². The first-order valence-corrected chi connectivity index (χ1v) is 38.2. The highest BCUT2D eigenvalue weighted by Gasteiger charge is 2.56. The Morgan fingerprint density at radius 2 is 1.42 bits per heavy atom. The van der Waals surface area contributed by atoms with Crippen molar-refractivity contribution >= 4 is 97.7 Å². The number of unbranched alkanes of at least 4 members (excludes halogenated alkanes) is 1. The van der Waals surface area contributed by atoms with Crippen molar-refractivity contribution in [1.82, 2.24) is 60.3 Å². The van der Waals surface area contributed by atoms with Gasteiger partial charge in [-0.3, -0.25) is 32.8 Å². The van der Waals surface area contributed by atoms with Gasteiger partial charge in [0.1, 0.15) is 54.7 Å². The van der Waals surface area contributed by atoms with Crippen LogP contribution in [-0.4, -0.2) is 195 Å². The first-order chi connectivity index (χ1) is 48.6. The Labute approximate surface area is 578 Å². The number of nitrogen functional groups attached to an aromatic ring is 2. The molecule has 100 heavy (non-hydrogen) atoms. The molecule has 0 spiro atoms. The number of para-hydroxylation sites is 1. The summed E-state index contributed by atoms with van der Waals surface area (Å²) >= 11 is 0.750. The molecular weight excluding hydrogens is 1390 g/mol. The van der Waals surface area contributed by atoms with Gasteiger partial charge in [-0.05, 0) is 53.4 Å². The molecule has 3 aromatic carbocycles. The minimum atomic E-state index is -4.51. The zero-order valence-electron chi connectivity index (χ0n) is 54.2. The second-order valence-corrected chi connectivity index (χ2v) is 29.7. The third-order valence-electron chi connectivity index (χ3n) is 16.7. The van der Waals surface area contributed by atoms with Crippen molar-refractivity contribution in [3.63, 3.8) is 0 Å². The fourth-order valence-corrected chi connectivity index (χ4v) is 16.3. The van der Waals surface area contributed by atoms with Crippen LogP contribution in [0.2, 0.25) is 0 Å². The molecule has 12 rings (SSSR count). The van der Waals surface area contributed by atoms with E-state index in [-0.39, 0.29) is 90.8 Å². The number of alkyl halides is 2. The van der Waals surface area contributed by atoms with Crippen molar-refractivity contribution in [2.24, 2.45) is 0 Å². The maximum atomic E-state index is 17.0. The lowest BCUT2D eigenvalue weighted by Crippen LogP contribution is -2.39. The quantitative estimate of drug-likeness (QED) is 0.0187. The summed E-state index contributed by atoms with van der Waals surface area (Å²) < 4.78 is 129. The topological polar surface area (TPSA) is 392 Å². The predicted octanol–water partition coefficient (Wildman–Crippen LogP) is 6.46. The molecule has 32 nitrogen and oxygen atoms in total. The van der Waals surface area contributed by atoms with E-state index in [9.17, 15) is 24.2 Å². The maximum absolute atomic E-state index is 17.0. The van der Waals surface area contributed by atoms with Crippen LogP contribution in [0, 0.1) is 0 Å². The highest BCUT2D eigenvalue weighted by atomic mass is 32.7. The van der Waals surface area contributed by atoms with Crippen molar-refractivity contribution < 1.29 is 88.5 Å². The van der Waals surface area contributed by atoms with E-state index in [4.69, 9.17) is 62.5 Å². The number of hydrazine groups is 2.